The molecule has 5 aliphatic rings. The van der Waals surface area contributed by atoms with Crippen LogP contribution in [-0.4, -0.2) is 55.0 Å². The number of ether oxygens (including phenoxy) is 2. The van der Waals surface area contributed by atoms with Crippen molar-refractivity contribution in [3.8, 4) is 0 Å². The van der Waals surface area contributed by atoms with Crippen LogP contribution >= 0.6 is 0 Å². The number of carbonyl (C=O) groups excluding carboxylic acids is 2. The monoisotopic (exact) mass is 428 g/mol. The Kier molecular flexibility index (Phi) is 5.21. The molecule has 4 bridgehead atoms. The molecule has 1 amide bonds. The largest absolute Gasteiger partial charge is 0.452 e. The van der Waals surface area contributed by atoms with Crippen molar-refractivity contribution < 1.29 is 24.2 Å². The first kappa shape index (κ1) is 20.8. The third-order valence-electron chi connectivity index (χ3n) is 7.63. The summed E-state index contributed by atoms with van der Waals surface area (Å²) >= 11 is 0. The van der Waals surface area contributed by atoms with Gasteiger partial charge in [-0.15, -0.1) is 0 Å². The lowest BCUT2D eigenvalue weighted by Gasteiger charge is -2.58. The van der Waals surface area contributed by atoms with E-state index in [0.29, 0.717) is 23.9 Å². The maximum absolute atomic E-state index is 13.1. The van der Waals surface area contributed by atoms with Gasteiger partial charge in [-0.1, -0.05) is 0 Å². The minimum Gasteiger partial charge on any atom is -0.452 e. The van der Waals surface area contributed by atoms with Gasteiger partial charge < -0.3 is 24.8 Å². The van der Waals surface area contributed by atoms with Crippen LogP contribution in [0.4, 0.5) is 11.4 Å². The Morgan fingerprint density at radius 2 is 1.77 bits per heavy atom. The number of rotatable bonds is 5. The molecule has 2 N–H and O–H groups in total. The fourth-order valence-corrected chi connectivity index (χ4v) is 6.61. The number of amides is 1. The van der Waals surface area contributed by atoms with Gasteiger partial charge in [-0.25, -0.2) is 0 Å². The van der Waals surface area contributed by atoms with Crippen LogP contribution in [0, 0.1) is 17.3 Å². The molecule has 3 atom stereocenters. The maximum Gasteiger partial charge on any atom is 0.312 e. The summed E-state index contributed by atoms with van der Waals surface area (Å²) in [7, 11) is 0. The van der Waals surface area contributed by atoms with E-state index >= 15 is 0 Å². The van der Waals surface area contributed by atoms with Crippen molar-refractivity contribution in [1.29, 1.82) is 0 Å². The first-order valence-corrected chi connectivity index (χ1v) is 11.5. The molecule has 0 radical (unpaired) electrons. The van der Waals surface area contributed by atoms with Gasteiger partial charge in [-0.05, 0) is 81.5 Å². The highest BCUT2D eigenvalue weighted by Crippen LogP contribution is 2.62. The first-order valence-electron chi connectivity index (χ1n) is 11.5. The number of esters is 1. The van der Waals surface area contributed by atoms with Crippen molar-refractivity contribution in [2.75, 3.05) is 36.5 Å². The fraction of sp³-hybridized carbons (Fsp3) is 0.667. The van der Waals surface area contributed by atoms with Crippen LogP contribution in [0.25, 0.3) is 0 Å². The van der Waals surface area contributed by atoms with E-state index in [-0.39, 0.29) is 11.9 Å². The third-order valence-corrected chi connectivity index (χ3v) is 7.63. The summed E-state index contributed by atoms with van der Waals surface area (Å²) < 4.78 is 11.0. The number of hydrogen-bond acceptors (Lipinski definition) is 6. The quantitative estimate of drug-likeness (QED) is 0.701. The van der Waals surface area contributed by atoms with Crippen LogP contribution in [0.5, 0.6) is 0 Å². The molecule has 4 saturated carbocycles. The average Bonchev–Trinajstić information content (AvgIpc) is 2.73. The van der Waals surface area contributed by atoms with Gasteiger partial charge in [-0.2, -0.15) is 0 Å². The predicted molar refractivity (Wildman–Crippen MR) is 116 cm³/mol. The molecular formula is C24H32N2O5. The Labute approximate surface area is 183 Å². The van der Waals surface area contributed by atoms with E-state index in [1.165, 1.54) is 0 Å². The van der Waals surface area contributed by atoms with Crippen LogP contribution in [0.15, 0.2) is 24.3 Å². The number of benzene rings is 1. The van der Waals surface area contributed by atoms with Gasteiger partial charge in [0.15, 0.2) is 6.10 Å². The van der Waals surface area contributed by atoms with E-state index in [0.717, 1.165) is 64.1 Å². The molecule has 1 aromatic rings. The van der Waals surface area contributed by atoms with Crippen LogP contribution in [0.2, 0.25) is 0 Å². The summed E-state index contributed by atoms with van der Waals surface area (Å²) in [6, 6.07) is 7.69. The molecule has 4 aliphatic carbocycles. The SMILES string of the molecule is CC(OC(=O)C12CC3CC(CC(O)(C3)C1)C2)C(=O)Nc1ccc(N2CCOCC2)cc1. The molecule has 0 spiro atoms. The number of nitrogens with one attached hydrogen (secondary N) is 1. The number of aliphatic hydroxyl groups is 1. The van der Waals surface area contributed by atoms with E-state index in [2.05, 4.69) is 10.2 Å². The average molecular weight is 429 g/mol. The second kappa shape index (κ2) is 7.78. The summed E-state index contributed by atoms with van der Waals surface area (Å²) in [6.07, 6.45) is 3.86. The molecule has 1 heterocycles. The van der Waals surface area contributed by atoms with Crippen molar-refractivity contribution >= 4 is 23.3 Å². The highest BCUT2D eigenvalue weighted by atomic mass is 16.5. The third kappa shape index (κ3) is 4.05. The molecule has 168 valence electrons. The minimum absolute atomic E-state index is 0.314. The van der Waals surface area contributed by atoms with E-state index < -0.39 is 17.1 Å². The Bertz CT molecular complexity index is 834. The van der Waals surface area contributed by atoms with E-state index in [4.69, 9.17) is 9.47 Å². The van der Waals surface area contributed by atoms with Crippen molar-refractivity contribution in [2.24, 2.45) is 17.3 Å². The number of carbonyl (C=O) groups is 2. The first-order chi connectivity index (χ1) is 14.8. The second-order valence-corrected chi connectivity index (χ2v) is 10.1. The van der Waals surface area contributed by atoms with Gasteiger partial charge in [0, 0.05) is 24.5 Å². The molecule has 1 saturated heterocycles. The Morgan fingerprint density at radius 3 is 2.39 bits per heavy atom. The number of hydrogen-bond donors (Lipinski definition) is 2. The summed E-state index contributed by atoms with van der Waals surface area (Å²) in [5.41, 5.74) is 0.429. The predicted octanol–water partition coefficient (Wildman–Crippen LogP) is 2.72. The molecule has 1 aliphatic heterocycles. The van der Waals surface area contributed by atoms with Gasteiger partial charge in [0.1, 0.15) is 0 Å². The van der Waals surface area contributed by atoms with Crippen LogP contribution < -0.4 is 10.2 Å². The summed E-state index contributed by atoms with van der Waals surface area (Å²) in [5.74, 6) is 0.141. The fourth-order valence-electron chi connectivity index (χ4n) is 6.61. The van der Waals surface area contributed by atoms with Crippen LogP contribution in [-0.2, 0) is 19.1 Å². The lowest BCUT2D eigenvalue weighted by atomic mass is 9.48. The van der Waals surface area contributed by atoms with Crippen molar-refractivity contribution in [3.05, 3.63) is 24.3 Å². The lowest BCUT2D eigenvalue weighted by Crippen LogP contribution is -2.59. The van der Waals surface area contributed by atoms with Crippen molar-refractivity contribution in [3.63, 3.8) is 0 Å². The molecule has 5 fully saturated rings. The van der Waals surface area contributed by atoms with Crippen molar-refractivity contribution in [1.82, 2.24) is 0 Å². The zero-order chi connectivity index (χ0) is 21.6. The van der Waals surface area contributed by atoms with Crippen LogP contribution in [0.3, 0.4) is 0 Å². The minimum atomic E-state index is -0.880. The van der Waals surface area contributed by atoms with Crippen LogP contribution in [0.1, 0.15) is 45.4 Å². The standard InChI is InChI=1S/C24H32N2O5/c1-16(21(27)25-19-2-4-20(5-3-19)26-6-8-30-9-7-26)31-22(28)23-11-17-10-18(12-23)14-24(29,13-17)15-23/h2-5,16-18,29H,6-15H2,1H3,(H,25,27). The zero-order valence-corrected chi connectivity index (χ0v) is 18.1. The summed E-state index contributed by atoms with van der Waals surface area (Å²) in [4.78, 5) is 28.0. The smallest absolute Gasteiger partial charge is 0.312 e. The van der Waals surface area contributed by atoms with E-state index in [9.17, 15) is 14.7 Å². The highest BCUT2D eigenvalue weighted by Gasteiger charge is 2.61. The summed E-state index contributed by atoms with van der Waals surface area (Å²) in [6.45, 7) is 4.78. The molecular weight excluding hydrogens is 396 g/mol. The lowest BCUT2D eigenvalue weighted by molar-refractivity contribution is -0.199. The van der Waals surface area contributed by atoms with Gasteiger partial charge in [-0.3, -0.25) is 9.59 Å². The summed E-state index contributed by atoms with van der Waals surface area (Å²) in [5, 5.41) is 13.7. The van der Waals surface area contributed by atoms with Gasteiger partial charge in [0.2, 0.25) is 0 Å². The number of morpholine rings is 1. The normalized spacial score (nSPS) is 35.0. The van der Waals surface area contributed by atoms with Gasteiger partial charge >= 0.3 is 5.97 Å². The molecule has 7 nitrogen and oxygen atoms in total. The topological polar surface area (TPSA) is 88.1 Å². The Hall–Kier alpha value is -2.12. The Balaban J connectivity index is 1.18. The Morgan fingerprint density at radius 1 is 1.13 bits per heavy atom. The maximum atomic E-state index is 13.1. The molecule has 0 aromatic heterocycles. The van der Waals surface area contributed by atoms with E-state index in [1.807, 2.05) is 24.3 Å². The van der Waals surface area contributed by atoms with Gasteiger partial charge in [0.25, 0.3) is 5.91 Å². The molecule has 7 heteroatoms. The molecule has 31 heavy (non-hydrogen) atoms. The number of anilines is 2. The van der Waals surface area contributed by atoms with Gasteiger partial charge in [0.05, 0.1) is 24.2 Å². The number of nitrogens with zero attached hydrogens (tertiary/aromatic N) is 1. The zero-order valence-electron chi connectivity index (χ0n) is 18.1. The highest BCUT2D eigenvalue weighted by molar-refractivity contribution is 5.95. The molecule has 3 unspecified atom stereocenters. The van der Waals surface area contributed by atoms with E-state index in [1.54, 1.807) is 6.92 Å². The molecule has 1 aromatic carbocycles. The van der Waals surface area contributed by atoms with Crippen molar-refractivity contribution in [2.45, 2.75) is 57.2 Å². The second-order valence-electron chi connectivity index (χ2n) is 10.1. The molecule has 6 rings (SSSR count).